The SMILES string of the molecule is O=C(CNc1ccc(-c2nc3ccc(NC(=O)C4(c5ccccc5)CCCCC4)cc3[nH]2)cc1)C1(c2ccccc2)CCCCC1. The second-order valence-corrected chi connectivity index (χ2v) is 13.1. The monoisotopic (exact) mass is 610 g/mol. The highest BCUT2D eigenvalue weighted by atomic mass is 16.2. The topological polar surface area (TPSA) is 86.9 Å². The molecule has 0 unspecified atom stereocenters. The van der Waals surface area contributed by atoms with Gasteiger partial charge in [0.05, 0.1) is 28.4 Å². The van der Waals surface area contributed by atoms with Crippen molar-refractivity contribution in [3.05, 3.63) is 114 Å². The van der Waals surface area contributed by atoms with Gasteiger partial charge in [0.15, 0.2) is 5.78 Å². The normalized spacial score (nSPS) is 17.3. The van der Waals surface area contributed by atoms with Gasteiger partial charge in [0.2, 0.25) is 5.91 Å². The number of carbonyl (C=O) groups excluding carboxylic acids is 2. The number of imidazole rings is 1. The zero-order chi connectivity index (χ0) is 31.4. The van der Waals surface area contributed by atoms with Gasteiger partial charge >= 0.3 is 0 Å². The molecule has 6 heteroatoms. The molecule has 234 valence electrons. The molecule has 1 heterocycles. The number of nitrogens with zero attached hydrogens (tertiary/aromatic N) is 1. The van der Waals surface area contributed by atoms with Crippen molar-refractivity contribution in [3.63, 3.8) is 0 Å². The van der Waals surface area contributed by atoms with Gasteiger partial charge in [0.25, 0.3) is 0 Å². The van der Waals surface area contributed by atoms with Gasteiger partial charge in [-0.3, -0.25) is 9.59 Å². The lowest BCUT2D eigenvalue weighted by Crippen LogP contribution is -2.42. The molecular formula is C40H42N4O2. The summed E-state index contributed by atoms with van der Waals surface area (Å²) in [6.07, 6.45) is 10.2. The van der Waals surface area contributed by atoms with E-state index in [0.717, 1.165) is 96.3 Å². The van der Waals surface area contributed by atoms with E-state index >= 15 is 0 Å². The van der Waals surface area contributed by atoms with E-state index in [4.69, 9.17) is 4.98 Å². The van der Waals surface area contributed by atoms with Gasteiger partial charge in [-0.15, -0.1) is 0 Å². The Balaban J connectivity index is 1.03. The lowest BCUT2D eigenvalue weighted by atomic mass is 9.66. The van der Waals surface area contributed by atoms with E-state index in [-0.39, 0.29) is 11.7 Å². The summed E-state index contributed by atoms with van der Waals surface area (Å²) in [5.74, 6) is 1.09. The third kappa shape index (κ3) is 5.84. The Hall–Kier alpha value is -4.71. The highest BCUT2D eigenvalue weighted by molar-refractivity contribution is 6.00. The van der Waals surface area contributed by atoms with Gasteiger partial charge in [-0.2, -0.15) is 0 Å². The molecule has 5 aromatic rings. The number of ketones is 1. The van der Waals surface area contributed by atoms with Gasteiger partial charge in [0.1, 0.15) is 5.82 Å². The van der Waals surface area contributed by atoms with E-state index in [1.807, 2.05) is 78.9 Å². The van der Waals surface area contributed by atoms with Gasteiger partial charge in [-0.05, 0) is 79.3 Å². The fourth-order valence-electron chi connectivity index (χ4n) is 7.77. The number of amides is 1. The maximum Gasteiger partial charge on any atom is 0.235 e. The fraction of sp³-hybridized carbons (Fsp3) is 0.325. The highest BCUT2D eigenvalue weighted by Crippen LogP contribution is 2.42. The Morgan fingerprint density at radius 2 is 1.22 bits per heavy atom. The van der Waals surface area contributed by atoms with E-state index in [2.05, 4.69) is 39.9 Å². The first-order valence-electron chi connectivity index (χ1n) is 16.9. The van der Waals surface area contributed by atoms with Gasteiger partial charge < -0.3 is 15.6 Å². The number of fused-ring (bicyclic) bond motifs is 1. The van der Waals surface area contributed by atoms with Crippen molar-refractivity contribution in [1.82, 2.24) is 9.97 Å². The molecule has 2 aliphatic rings. The summed E-state index contributed by atoms with van der Waals surface area (Å²) in [6, 6.07) is 34.5. The fourth-order valence-corrected chi connectivity index (χ4v) is 7.77. The number of rotatable bonds is 9. The first-order valence-corrected chi connectivity index (χ1v) is 16.9. The van der Waals surface area contributed by atoms with Crippen LogP contribution in [0.15, 0.2) is 103 Å². The molecule has 46 heavy (non-hydrogen) atoms. The summed E-state index contributed by atoms with van der Waals surface area (Å²) < 4.78 is 0. The Morgan fingerprint density at radius 1 is 0.652 bits per heavy atom. The third-order valence-corrected chi connectivity index (χ3v) is 10.4. The van der Waals surface area contributed by atoms with Gasteiger partial charge in [-0.1, -0.05) is 99.2 Å². The van der Waals surface area contributed by atoms with E-state index in [9.17, 15) is 9.59 Å². The van der Waals surface area contributed by atoms with Gasteiger partial charge in [0, 0.05) is 16.9 Å². The van der Waals surface area contributed by atoms with E-state index in [1.165, 1.54) is 12.8 Å². The van der Waals surface area contributed by atoms with Crippen molar-refractivity contribution in [3.8, 4) is 11.4 Å². The standard InChI is InChI=1S/C40H42N4O2/c45-36(39(23-9-3-10-24-39)30-13-5-1-6-14-30)28-41-32-19-17-29(18-20-32)37-43-34-22-21-33(27-35(34)44-37)42-38(46)40(25-11-4-12-26-40)31-15-7-2-8-16-31/h1-2,5-8,13-22,27,41H,3-4,9-12,23-26,28H2,(H,42,46)(H,43,44). The van der Waals surface area contributed by atoms with Crippen molar-refractivity contribution >= 4 is 34.1 Å². The number of Topliss-reactive ketones (excluding diaryl/α,β-unsaturated/α-hetero) is 1. The second-order valence-electron chi connectivity index (χ2n) is 13.1. The summed E-state index contributed by atoms with van der Waals surface area (Å²) in [7, 11) is 0. The molecule has 2 saturated carbocycles. The van der Waals surface area contributed by atoms with Crippen molar-refractivity contribution in [2.45, 2.75) is 75.0 Å². The van der Waals surface area contributed by atoms with Crippen LogP contribution in [-0.4, -0.2) is 28.2 Å². The van der Waals surface area contributed by atoms with Crippen LogP contribution < -0.4 is 10.6 Å². The lowest BCUT2D eigenvalue weighted by molar-refractivity contribution is -0.124. The second kappa shape index (κ2) is 13.0. The van der Waals surface area contributed by atoms with Crippen LogP contribution in [-0.2, 0) is 20.4 Å². The summed E-state index contributed by atoms with van der Waals surface area (Å²) in [5, 5.41) is 6.63. The van der Waals surface area contributed by atoms with Crippen LogP contribution in [0.5, 0.6) is 0 Å². The molecule has 0 radical (unpaired) electrons. The minimum Gasteiger partial charge on any atom is -0.378 e. The first kappa shape index (κ1) is 30.0. The Morgan fingerprint density at radius 3 is 1.85 bits per heavy atom. The van der Waals surface area contributed by atoms with E-state index in [1.54, 1.807) is 0 Å². The Kier molecular flexibility index (Phi) is 8.44. The van der Waals surface area contributed by atoms with Crippen LogP contribution in [0, 0.1) is 0 Å². The summed E-state index contributed by atoms with van der Waals surface area (Å²) in [6.45, 7) is 0.304. The predicted octanol–water partition coefficient (Wildman–Crippen LogP) is 8.95. The number of anilines is 2. The molecule has 2 aliphatic carbocycles. The van der Waals surface area contributed by atoms with Crippen LogP contribution in [0.1, 0.15) is 75.3 Å². The molecule has 6 nitrogen and oxygen atoms in total. The Labute approximate surface area is 271 Å². The number of aromatic amines is 1. The average Bonchev–Trinajstić information content (AvgIpc) is 3.56. The molecule has 7 rings (SSSR count). The van der Waals surface area contributed by atoms with Crippen molar-refractivity contribution in [2.24, 2.45) is 0 Å². The molecule has 0 atom stereocenters. The molecule has 2 fully saturated rings. The third-order valence-electron chi connectivity index (χ3n) is 10.4. The zero-order valence-electron chi connectivity index (χ0n) is 26.4. The van der Waals surface area contributed by atoms with Crippen molar-refractivity contribution in [2.75, 3.05) is 17.2 Å². The highest BCUT2D eigenvalue weighted by Gasteiger charge is 2.41. The molecule has 4 aromatic carbocycles. The maximum absolute atomic E-state index is 13.8. The van der Waals surface area contributed by atoms with E-state index in [0.29, 0.717) is 6.54 Å². The largest absolute Gasteiger partial charge is 0.378 e. The number of nitrogens with one attached hydrogen (secondary N) is 3. The minimum absolute atomic E-state index is 0.0669. The number of hydrogen-bond donors (Lipinski definition) is 3. The van der Waals surface area contributed by atoms with Crippen LogP contribution in [0.2, 0.25) is 0 Å². The quantitative estimate of drug-likeness (QED) is 0.155. The Bertz CT molecular complexity index is 1800. The lowest BCUT2D eigenvalue weighted by Gasteiger charge is -2.36. The number of H-pyrrole nitrogens is 1. The smallest absolute Gasteiger partial charge is 0.235 e. The van der Waals surface area contributed by atoms with Crippen molar-refractivity contribution in [1.29, 1.82) is 0 Å². The molecule has 1 aromatic heterocycles. The number of carbonyl (C=O) groups is 2. The van der Waals surface area contributed by atoms with Crippen LogP contribution in [0.25, 0.3) is 22.4 Å². The van der Waals surface area contributed by atoms with Crippen LogP contribution in [0.3, 0.4) is 0 Å². The maximum atomic E-state index is 13.8. The molecule has 1 amide bonds. The van der Waals surface area contributed by atoms with Crippen molar-refractivity contribution < 1.29 is 9.59 Å². The number of aromatic nitrogens is 2. The van der Waals surface area contributed by atoms with E-state index < -0.39 is 10.8 Å². The molecule has 0 bridgehead atoms. The average molecular weight is 611 g/mol. The minimum atomic E-state index is -0.494. The first-order chi connectivity index (χ1) is 22.6. The van der Waals surface area contributed by atoms with Gasteiger partial charge in [-0.25, -0.2) is 4.98 Å². The van der Waals surface area contributed by atoms with Crippen LogP contribution >= 0.6 is 0 Å². The summed E-state index contributed by atoms with van der Waals surface area (Å²) >= 11 is 0. The number of hydrogen-bond acceptors (Lipinski definition) is 4. The predicted molar refractivity (Wildman–Crippen MR) is 186 cm³/mol. The molecule has 0 aliphatic heterocycles. The molecular weight excluding hydrogens is 568 g/mol. The molecule has 0 saturated heterocycles. The zero-order valence-corrected chi connectivity index (χ0v) is 26.4. The van der Waals surface area contributed by atoms with Crippen LogP contribution in [0.4, 0.5) is 11.4 Å². The molecule has 3 N–H and O–H groups in total. The molecule has 0 spiro atoms. The summed E-state index contributed by atoms with van der Waals surface area (Å²) in [5.41, 5.74) is 5.71. The number of benzene rings is 4. The summed E-state index contributed by atoms with van der Waals surface area (Å²) in [4.78, 5) is 35.7.